The van der Waals surface area contributed by atoms with Gasteiger partial charge in [0.2, 0.25) is 12.7 Å². The van der Waals surface area contributed by atoms with Crippen LogP contribution in [0.25, 0.3) is 0 Å². The summed E-state index contributed by atoms with van der Waals surface area (Å²) < 4.78 is 54.2. The van der Waals surface area contributed by atoms with E-state index < -0.39 is 12.1 Å². The molecule has 2 saturated heterocycles. The zero-order valence-electron chi connectivity index (χ0n) is 17.6. The van der Waals surface area contributed by atoms with Crippen molar-refractivity contribution in [1.82, 2.24) is 9.80 Å². The second kappa shape index (κ2) is 9.92. The van der Waals surface area contributed by atoms with Gasteiger partial charge in [-0.2, -0.15) is 13.2 Å². The first-order chi connectivity index (χ1) is 15.1. The third-order valence-corrected chi connectivity index (χ3v) is 5.44. The van der Waals surface area contributed by atoms with E-state index in [1.807, 2.05) is 12.1 Å². The Labute approximate surface area is 182 Å². The third-order valence-electron chi connectivity index (χ3n) is 5.44. The van der Waals surface area contributed by atoms with Crippen molar-refractivity contribution < 1.29 is 46.8 Å². The summed E-state index contributed by atoms with van der Waals surface area (Å²) in [5, 5.41) is 7.12. The van der Waals surface area contributed by atoms with E-state index in [-0.39, 0.29) is 25.4 Å². The normalized spacial score (nSPS) is 24.0. The Bertz CT molecular complexity index is 834. The first-order valence-electron chi connectivity index (χ1n) is 9.88. The van der Waals surface area contributed by atoms with Gasteiger partial charge in [0.1, 0.15) is 6.61 Å². The number of nitrogens with zero attached hydrogens (tertiary/aromatic N) is 2. The molecule has 3 aliphatic heterocycles. The molecule has 0 aromatic heterocycles. The Hall–Kier alpha value is -2.57. The molecule has 9 nitrogen and oxygen atoms in total. The summed E-state index contributed by atoms with van der Waals surface area (Å²) in [5.41, 5.74) is 1.18. The summed E-state index contributed by atoms with van der Waals surface area (Å²) in [7, 11) is 3.49. The third kappa shape index (κ3) is 5.81. The first-order valence-corrected chi connectivity index (χ1v) is 9.88. The summed E-state index contributed by atoms with van der Waals surface area (Å²) in [5.74, 6) is -0.836. The summed E-state index contributed by atoms with van der Waals surface area (Å²) in [4.78, 5) is 24.6. The molecule has 1 amide bonds. The van der Waals surface area contributed by atoms with Crippen molar-refractivity contribution in [2.75, 3.05) is 47.3 Å². The SMILES string of the molecule is CN(C)C(=O)CO[C@H]1CN(Cc2ccc3c(c2)OCO3)[C@@H]2COC[C@H]12.O=C(O)C(F)(F)F. The number of aliphatic carboxylic acids is 1. The van der Waals surface area contributed by atoms with Gasteiger partial charge in [-0.25, -0.2) is 4.79 Å². The second-order valence-corrected chi connectivity index (χ2v) is 7.83. The molecule has 1 aromatic rings. The van der Waals surface area contributed by atoms with Crippen LogP contribution in [0.3, 0.4) is 0 Å². The Morgan fingerprint density at radius 3 is 2.56 bits per heavy atom. The van der Waals surface area contributed by atoms with Crippen molar-refractivity contribution >= 4 is 11.9 Å². The van der Waals surface area contributed by atoms with E-state index in [2.05, 4.69) is 11.0 Å². The topological polar surface area (TPSA) is 97.8 Å². The molecule has 3 heterocycles. The zero-order chi connectivity index (χ0) is 23.5. The number of rotatable bonds is 5. The number of alkyl halides is 3. The minimum Gasteiger partial charge on any atom is -0.475 e. The van der Waals surface area contributed by atoms with E-state index in [1.54, 1.807) is 19.0 Å². The summed E-state index contributed by atoms with van der Waals surface area (Å²) in [6.07, 6.45) is -5.05. The van der Waals surface area contributed by atoms with Crippen LogP contribution in [0.4, 0.5) is 13.2 Å². The van der Waals surface area contributed by atoms with Crippen molar-refractivity contribution in [2.45, 2.75) is 24.9 Å². The standard InChI is InChI=1S/C18H24N2O5.C2HF3O2/c1-19(2)18(21)10-23-17-7-20(14-9-22-8-13(14)17)6-12-3-4-15-16(5-12)25-11-24-15;3-2(4,5)1(6)7/h3-5,13-14,17H,6-11H2,1-2H3;(H,6,7)/t13-,14+,17-;/m0./s1. The number of carboxylic acids is 1. The van der Waals surface area contributed by atoms with E-state index >= 15 is 0 Å². The molecule has 12 heteroatoms. The number of amides is 1. The van der Waals surface area contributed by atoms with Crippen molar-refractivity contribution in [3.8, 4) is 11.5 Å². The van der Waals surface area contributed by atoms with Crippen LogP contribution < -0.4 is 9.47 Å². The van der Waals surface area contributed by atoms with Gasteiger partial charge < -0.3 is 29.0 Å². The van der Waals surface area contributed by atoms with Gasteiger partial charge in [-0.05, 0) is 17.7 Å². The average molecular weight is 462 g/mol. The summed E-state index contributed by atoms with van der Waals surface area (Å²) >= 11 is 0. The molecule has 3 aliphatic rings. The summed E-state index contributed by atoms with van der Waals surface area (Å²) in [6.45, 7) is 3.45. The molecule has 0 saturated carbocycles. The highest BCUT2D eigenvalue weighted by molar-refractivity contribution is 5.76. The van der Waals surface area contributed by atoms with Crippen molar-refractivity contribution in [3.05, 3.63) is 23.8 Å². The molecule has 0 spiro atoms. The first kappa shape index (κ1) is 24.1. The second-order valence-electron chi connectivity index (χ2n) is 7.83. The Kier molecular flexibility index (Phi) is 7.47. The molecule has 0 radical (unpaired) electrons. The highest BCUT2D eigenvalue weighted by Crippen LogP contribution is 2.36. The van der Waals surface area contributed by atoms with E-state index in [1.165, 1.54) is 5.56 Å². The van der Waals surface area contributed by atoms with Crippen LogP contribution in [0.2, 0.25) is 0 Å². The lowest BCUT2D eigenvalue weighted by Gasteiger charge is -2.22. The van der Waals surface area contributed by atoms with Crippen LogP contribution in [0.15, 0.2) is 18.2 Å². The number of halogens is 3. The number of hydrogen-bond acceptors (Lipinski definition) is 7. The van der Waals surface area contributed by atoms with Gasteiger partial charge in [-0.1, -0.05) is 6.07 Å². The van der Waals surface area contributed by atoms with Gasteiger partial charge >= 0.3 is 12.1 Å². The molecule has 3 atom stereocenters. The van der Waals surface area contributed by atoms with Gasteiger partial charge in [0.15, 0.2) is 11.5 Å². The van der Waals surface area contributed by atoms with Gasteiger partial charge in [0.25, 0.3) is 0 Å². The molecule has 1 N–H and O–H groups in total. The number of carboxylic acid groups (broad SMARTS) is 1. The van der Waals surface area contributed by atoms with Crippen molar-refractivity contribution in [1.29, 1.82) is 0 Å². The fourth-order valence-corrected chi connectivity index (χ4v) is 3.73. The maximum absolute atomic E-state index is 11.8. The number of likely N-dealkylation sites (N-methyl/N-ethyl adjacent to an activating group) is 1. The van der Waals surface area contributed by atoms with Gasteiger partial charge in [-0.3, -0.25) is 9.69 Å². The quantitative estimate of drug-likeness (QED) is 0.701. The van der Waals surface area contributed by atoms with Gasteiger partial charge in [0.05, 0.1) is 19.3 Å². The fourth-order valence-electron chi connectivity index (χ4n) is 3.73. The number of fused-ring (bicyclic) bond motifs is 2. The van der Waals surface area contributed by atoms with Crippen LogP contribution in [0, 0.1) is 5.92 Å². The maximum atomic E-state index is 11.8. The molecule has 0 bridgehead atoms. The number of hydrogen-bond donors (Lipinski definition) is 1. The highest BCUT2D eigenvalue weighted by atomic mass is 19.4. The summed E-state index contributed by atoms with van der Waals surface area (Å²) in [6, 6.07) is 6.41. The zero-order valence-corrected chi connectivity index (χ0v) is 17.6. The van der Waals surface area contributed by atoms with Crippen molar-refractivity contribution in [3.63, 3.8) is 0 Å². The minimum atomic E-state index is -5.08. The van der Waals surface area contributed by atoms with Crippen LogP contribution >= 0.6 is 0 Å². The molecule has 0 aliphatic carbocycles. The largest absolute Gasteiger partial charge is 0.490 e. The monoisotopic (exact) mass is 462 g/mol. The predicted molar refractivity (Wildman–Crippen MR) is 103 cm³/mol. The van der Waals surface area contributed by atoms with E-state index in [4.69, 9.17) is 28.8 Å². The number of carbonyl (C=O) groups is 2. The lowest BCUT2D eigenvalue weighted by atomic mass is 10.0. The molecule has 178 valence electrons. The number of carbonyl (C=O) groups excluding carboxylic acids is 1. The smallest absolute Gasteiger partial charge is 0.475 e. The Balaban J connectivity index is 0.000000360. The van der Waals surface area contributed by atoms with E-state index in [9.17, 15) is 18.0 Å². The molecule has 32 heavy (non-hydrogen) atoms. The number of ether oxygens (including phenoxy) is 4. The Morgan fingerprint density at radius 1 is 1.22 bits per heavy atom. The van der Waals surface area contributed by atoms with Crippen LogP contribution in [0.5, 0.6) is 11.5 Å². The van der Waals surface area contributed by atoms with Gasteiger partial charge in [0, 0.05) is 39.1 Å². The molecule has 4 rings (SSSR count). The molecule has 1 aromatic carbocycles. The van der Waals surface area contributed by atoms with Gasteiger partial charge in [-0.15, -0.1) is 0 Å². The highest BCUT2D eigenvalue weighted by Gasteiger charge is 2.46. The number of benzene rings is 1. The van der Waals surface area contributed by atoms with E-state index in [0.717, 1.165) is 31.2 Å². The predicted octanol–water partition coefficient (Wildman–Crippen LogP) is 1.35. The van der Waals surface area contributed by atoms with Crippen LogP contribution in [0.1, 0.15) is 5.56 Å². The van der Waals surface area contributed by atoms with Crippen LogP contribution in [-0.4, -0.2) is 92.4 Å². The molecule has 0 unspecified atom stereocenters. The molecular weight excluding hydrogens is 437 g/mol. The average Bonchev–Trinajstić information content (AvgIpc) is 3.43. The minimum absolute atomic E-state index is 0.00955. The van der Waals surface area contributed by atoms with Crippen molar-refractivity contribution in [2.24, 2.45) is 5.92 Å². The lowest BCUT2D eigenvalue weighted by molar-refractivity contribution is -0.192. The molecule has 2 fully saturated rings. The lowest BCUT2D eigenvalue weighted by Crippen LogP contribution is -2.32. The fraction of sp³-hybridized carbons (Fsp3) is 0.600. The van der Waals surface area contributed by atoms with E-state index in [0.29, 0.717) is 18.6 Å². The Morgan fingerprint density at radius 2 is 1.91 bits per heavy atom. The van der Waals surface area contributed by atoms with Crippen LogP contribution in [-0.2, 0) is 25.6 Å². The maximum Gasteiger partial charge on any atom is 0.490 e. The molecular formula is C20H25F3N2O7. The number of likely N-dealkylation sites (tertiary alicyclic amines) is 1.